The van der Waals surface area contributed by atoms with E-state index >= 15 is 0 Å². The molecule has 1 saturated heterocycles. The summed E-state index contributed by atoms with van der Waals surface area (Å²) < 4.78 is 23.6. The van der Waals surface area contributed by atoms with Crippen molar-refractivity contribution in [1.29, 1.82) is 0 Å². The van der Waals surface area contributed by atoms with E-state index in [1.807, 2.05) is 6.92 Å². The minimum atomic E-state index is -3.23. The predicted molar refractivity (Wildman–Crippen MR) is 49.6 cm³/mol. The molecule has 76 valence electrons. The first-order valence-electron chi connectivity index (χ1n) is 4.61. The van der Waals surface area contributed by atoms with Gasteiger partial charge in [-0.3, -0.25) is 4.79 Å². The van der Waals surface area contributed by atoms with E-state index < -0.39 is 10.0 Å². The van der Waals surface area contributed by atoms with Gasteiger partial charge in [0.25, 0.3) is 0 Å². The molecule has 0 spiro atoms. The van der Waals surface area contributed by atoms with Crippen molar-refractivity contribution in [3.05, 3.63) is 0 Å². The van der Waals surface area contributed by atoms with E-state index in [9.17, 15) is 13.2 Å². The first-order valence-corrected chi connectivity index (χ1v) is 6.22. The second kappa shape index (κ2) is 4.09. The summed E-state index contributed by atoms with van der Waals surface area (Å²) >= 11 is 0. The Morgan fingerprint density at radius 1 is 1.46 bits per heavy atom. The zero-order chi connectivity index (χ0) is 9.90. The third-order valence-electron chi connectivity index (χ3n) is 2.12. The van der Waals surface area contributed by atoms with Gasteiger partial charge < -0.3 is 0 Å². The summed E-state index contributed by atoms with van der Waals surface area (Å²) in [6.45, 7) is 2.36. The van der Waals surface area contributed by atoms with Crippen molar-refractivity contribution in [2.75, 3.05) is 12.3 Å². The standard InChI is InChI=1S/C8H15NO3S/c1-2-3-5-8(10)9-6-4-7-13(9,11)12/h2-7H2,1H3. The van der Waals surface area contributed by atoms with Crippen LogP contribution in [0, 0.1) is 0 Å². The Kier molecular flexibility index (Phi) is 3.30. The van der Waals surface area contributed by atoms with E-state index in [4.69, 9.17) is 0 Å². The third-order valence-corrected chi connectivity index (χ3v) is 3.98. The molecule has 0 atom stereocenters. The maximum Gasteiger partial charge on any atom is 0.237 e. The Bertz CT molecular complexity index is 284. The first kappa shape index (κ1) is 10.5. The molecule has 1 fully saturated rings. The molecule has 1 aliphatic rings. The number of hydrogen-bond acceptors (Lipinski definition) is 3. The highest BCUT2D eigenvalue weighted by molar-refractivity contribution is 7.89. The van der Waals surface area contributed by atoms with Gasteiger partial charge in [0.1, 0.15) is 0 Å². The number of amides is 1. The molecule has 1 amide bonds. The van der Waals surface area contributed by atoms with Gasteiger partial charge in [0.05, 0.1) is 5.75 Å². The molecule has 4 nitrogen and oxygen atoms in total. The largest absolute Gasteiger partial charge is 0.274 e. The summed E-state index contributed by atoms with van der Waals surface area (Å²) in [6, 6.07) is 0. The van der Waals surface area contributed by atoms with Gasteiger partial charge in [-0.1, -0.05) is 13.3 Å². The Morgan fingerprint density at radius 2 is 2.15 bits per heavy atom. The van der Waals surface area contributed by atoms with E-state index in [0.717, 1.165) is 17.1 Å². The normalized spacial score (nSPS) is 20.5. The number of hydrogen-bond donors (Lipinski definition) is 0. The van der Waals surface area contributed by atoms with E-state index in [0.29, 0.717) is 19.4 Å². The number of carbonyl (C=O) groups excluding carboxylic acids is 1. The van der Waals surface area contributed by atoms with Crippen LogP contribution in [-0.4, -0.2) is 30.9 Å². The van der Waals surface area contributed by atoms with Gasteiger partial charge in [-0.15, -0.1) is 0 Å². The van der Waals surface area contributed by atoms with Crippen LogP contribution in [0.3, 0.4) is 0 Å². The smallest absolute Gasteiger partial charge is 0.237 e. The molecule has 0 aromatic heterocycles. The molecule has 1 rings (SSSR count). The van der Waals surface area contributed by atoms with Crippen molar-refractivity contribution in [3.63, 3.8) is 0 Å². The van der Waals surface area contributed by atoms with Gasteiger partial charge >= 0.3 is 0 Å². The van der Waals surface area contributed by atoms with E-state index in [2.05, 4.69) is 0 Å². The zero-order valence-electron chi connectivity index (χ0n) is 7.82. The quantitative estimate of drug-likeness (QED) is 0.682. The van der Waals surface area contributed by atoms with E-state index in [-0.39, 0.29) is 11.7 Å². The molecule has 0 saturated carbocycles. The molecule has 1 heterocycles. The van der Waals surface area contributed by atoms with Crippen LogP contribution in [-0.2, 0) is 14.8 Å². The lowest BCUT2D eigenvalue weighted by atomic mass is 10.2. The van der Waals surface area contributed by atoms with Crippen molar-refractivity contribution >= 4 is 15.9 Å². The minimum absolute atomic E-state index is 0.130. The summed E-state index contributed by atoms with van der Waals surface area (Å²) in [5.41, 5.74) is 0. The number of carbonyl (C=O) groups is 1. The molecule has 1 aliphatic heterocycles. The molecule has 0 aromatic carbocycles. The average molecular weight is 205 g/mol. The maximum absolute atomic E-state index is 11.4. The highest BCUT2D eigenvalue weighted by Gasteiger charge is 2.31. The summed E-state index contributed by atoms with van der Waals surface area (Å²) in [5, 5.41) is 0. The van der Waals surface area contributed by atoms with Crippen LogP contribution in [0.2, 0.25) is 0 Å². The molecular weight excluding hydrogens is 190 g/mol. The summed E-state index contributed by atoms with van der Waals surface area (Å²) in [6.07, 6.45) is 2.63. The summed E-state index contributed by atoms with van der Waals surface area (Å²) in [4.78, 5) is 11.4. The monoisotopic (exact) mass is 205 g/mol. The van der Waals surface area contributed by atoms with Crippen LogP contribution in [0.4, 0.5) is 0 Å². The third kappa shape index (κ3) is 2.43. The SMILES string of the molecule is CCCCC(=O)N1CCCS1(=O)=O. The lowest BCUT2D eigenvalue weighted by Crippen LogP contribution is -2.32. The van der Waals surface area contributed by atoms with Crippen LogP contribution in [0.5, 0.6) is 0 Å². The van der Waals surface area contributed by atoms with Gasteiger partial charge in [0.2, 0.25) is 15.9 Å². The molecule has 0 unspecified atom stereocenters. The van der Waals surface area contributed by atoms with Crippen LogP contribution in [0.15, 0.2) is 0 Å². The zero-order valence-corrected chi connectivity index (χ0v) is 8.64. The molecule has 0 bridgehead atoms. The number of nitrogens with zero attached hydrogens (tertiary/aromatic N) is 1. The molecule has 0 N–H and O–H groups in total. The molecular formula is C8H15NO3S. The first-order chi connectivity index (χ1) is 6.08. The maximum atomic E-state index is 11.4. The second-order valence-electron chi connectivity index (χ2n) is 3.24. The van der Waals surface area contributed by atoms with E-state index in [1.165, 1.54) is 0 Å². The summed E-state index contributed by atoms with van der Waals surface area (Å²) in [5.74, 6) is -0.107. The predicted octanol–water partition coefficient (Wildman–Crippen LogP) is 0.739. The van der Waals surface area contributed by atoms with Crippen LogP contribution < -0.4 is 0 Å². The molecule has 0 aliphatic carbocycles. The number of rotatable bonds is 3. The van der Waals surface area contributed by atoms with Crippen LogP contribution in [0.25, 0.3) is 0 Å². The van der Waals surface area contributed by atoms with Gasteiger partial charge in [-0.2, -0.15) is 0 Å². The van der Waals surface area contributed by atoms with Crippen molar-refractivity contribution in [2.45, 2.75) is 32.6 Å². The van der Waals surface area contributed by atoms with Gasteiger partial charge in [0, 0.05) is 13.0 Å². The lowest BCUT2D eigenvalue weighted by Gasteiger charge is -2.13. The van der Waals surface area contributed by atoms with Crippen molar-refractivity contribution < 1.29 is 13.2 Å². The molecule has 0 radical (unpaired) electrons. The summed E-state index contributed by atoms with van der Waals surface area (Å²) in [7, 11) is -3.23. The topological polar surface area (TPSA) is 54.5 Å². The molecule has 0 aromatic rings. The highest BCUT2D eigenvalue weighted by Crippen LogP contribution is 2.15. The highest BCUT2D eigenvalue weighted by atomic mass is 32.2. The Hall–Kier alpha value is -0.580. The second-order valence-corrected chi connectivity index (χ2v) is 5.25. The number of unbranched alkanes of at least 4 members (excludes halogenated alkanes) is 1. The lowest BCUT2D eigenvalue weighted by molar-refractivity contribution is -0.126. The Balaban J connectivity index is 2.57. The minimum Gasteiger partial charge on any atom is -0.274 e. The fraction of sp³-hybridized carbons (Fsp3) is 0.875. The molecule has 13 heavy (non-hydrogen) atoms. The van der Waals surface area contributed by atoms with Crippen molar-refractivity contribution in [1.82, 2.24) is 4.31 Å². The average Bonchev–Trinajstić information content (AvgIpc) is 2.41. The fourth-order valence-electron chi connectivity index (χ4n) is 1.37. The van der Waals surface area contributed by atoms with Crippen LogP contribution >= 0.6 is 0 Å². The van der Waals surface area contributed by atoms with Gasteiger partial charge in [-0.25, -0.2) is 12.7 Å². The van der Waals surface area contributed by atoms with Gasteiger partial charge in [0.15, 0.2) is 0 Å². The van der Waals surface area contributed by atoms with Crippen molar-refractivity contribution in [3.8, 4) is 0 Å². The fourth-order valence-corrected chi connectivity index (χ4v) is 2.90. The van der Waals surface area contributed by atoms with Crippen LogP contribution in [0.1, 0.15) is 32.6 Å². The van der Waals surface area contributed by atoms with E-state index in [1.54, 1.807) is 0 Å². The van der Waals surface area contributed by atoms with Crippen molar-refractivity contribution in [2.24, 2.45) is 0 Å². The Morgan fingerprint density at radius 3 is 2.62 bits per heavy atom. The Labute approximate surface area is 79.0 Å². The van der Waals surface area contributed by atoms with Gasteiger partial charge in [-0.05, 0) is 12.8 Å². The molecule has 5 heteroatoms. The number of sulfonamides is 1.